The van der Waals surface area contributed by atoms with Gasteiger partial charge in [-0.25, -0.2) is 9.78 Å². The lowest BCUT2D eigenvalue weighted by atomic mass is 10.2. The number of carbonyl (C=O) groups excluding carboxylic acids is 1. The van der Waals surface area contributed by atoms with E-state index in [9.17, 15) is 4.79 Å². The maximum Gasteiger partial charge on any atom is 0.416 e. The maximum atomic E-state index is 12.0. The van der Waals surface area contributed by atoms with Gasteiger partial charge in [0.15, 0.2) is 5.82 Å². The van der Waals surface area contributed by atoms with Crippen molar-refractivity contribution < 1.29 is 9.53 Å². The molecule has 1 N–H and O–H groups in total. The smallest absolute Gasteiger partial charge is 0.391 e. The molecule has 1 aliphatic rings. The Kier molecular flexibility index (Phi) is 4.07. The lowest BCUT2D eigenvalue weighted by molar-refractivity contribution is 0.144. The van der Waals surface area contributed by atoms with Crippen LogP contribution in [-0.2, 0) is 0 Å². The molecule has 1 fully saturated rings. The van der Waals surface area contributed by atoms with Crippen molar-refractivity contribution >= 4 is 6.09 Å². The van der Waals surface area contributed by atoms with E-state index in [-0.39, 0.29) is 12.0 Å². The predicted molar refractivity (Wildman–Crippen MR) is 77.9 cm³/mol. The fourth-order valence-electron chi connectivity index (χ4n) is 2.13. The number of rotatable bonds is 2. The Labute approximate surface area is 122 Å². The minimum atomic E-state index is -0.366. The largest absolute Gasteiger partial charge is 0.416 e. The van der Waals surface area contributed by atoms with Gasteiger partial charge in [0.25, 0.3) is 0 Å². The first kappa shape index (κ1) is 13.5. The molecular weight excluding hydrogens is 268 g/mol. The summed E-state index contributed by atoms with van der Waals surface area (Å²) in [5.74, 6) is 0.814. The van der Waals surface area contributed by atoms with Gasteiger partial charge in [-0.05, 0) is 0 Å². The van der Waals surface area contributed by atoms with Crippen molar-refractivity contribution in [2.45, 2.75) is 0 Å². The second kappa shape index (κ2) is 6.32. The second-order valence-electron chi connectivity index (χ2n) is 4.69. The molecule has 1 aliphatic heterocycles. The van der Waals surface area contributed by atoms with Gasteiger partial charge in [-0.2, -0.15) is 4.98 Å². The topological polar surface area (TPSA) is 67.3 Å². The summed E-state index contributed by atoms with van der Waals surface area (Å²) in [7, 11) is 0. The summed E-state index contributed by atoms with van der Waals surface area (Å²) >= 11 is 0. The fraction of sp³-hybridized carbons (Fsp3) is 0.267. The highest BCUT2D eigenvalue weighted by molar-refractivity contribution is 5.70. The molecular formula is C15H16N4O2. The molecule has 21 heavy (non-hydrogen) atoms. The molecule has 0 unspecified atom stereocenters. The minimum Gasteiger partial charge on any atom is -0.391 e. The van der Waals surface area contributed by atoms with Crippen molar-refractivity contribution in [2.75, 3.05) is 26.2 Å². The summed E-state index contributed by atoms with van der Waals surface area (Å²) in [6.07, 6.45) is 1.23. The van der Waals surface area contributed by atoms with Crippen molar-refractivity contribution in [3.05, 3.63) is 42.6 Å². The Morgan fingerprint density at radius 2 is 1.90 bits per heavy atom. The summed E-state index contributed by atoms with van der Waals surface area (Å²) in [5, 5.41) is 3.19. The van der Waals surface area contributed by atoms with Crippen molar-refractivity contribution in [1.82, 2.24) is 20.2 Å². The fourth-order valence-corrected chi connectivity index (χ4v) is 2.13. The van der Waals surface area contributed by atoms with Gasteiger partial charge in [-0.15, -0.1) is 0 Å². The van der Waals surface area contributed by atoms with Gasteiger partial charge in [0.2, 0.25) is 5.88 Å². The number of nitrogens with one attached hydrogen (secondary N) is 1. The highest BCUT2D eigenvalue weighted by Gasteiger charge is 2.18. The van der Waals surface area contributed by atoms with Crippen LogP contribution < -0.4 is 10.1 Å². The number of benzene rings is 1. The van der Waals surface area contributed by atoms with E-state index in [0.29, 0.717) is 18.9 Å². The quantitative estimate of drug-likeness (QED) is 0.906. The molecule has 0 spiro atoms. The summed E-state index contributed by atoms with van der Waals surface area (Å²) in [5.41, 5.74) is 0.887. The summed E-state index contributed by atoms with van der Waals surface area (Å²) < 4.78 is 5.32. The third-order valence-corrected chi connectivity index (χ3v) is 3.23. The second-order valence-corrected chi connectivity index (χ2v) is 4.69. The number of hydrogen-bond acceptors (Lipinski definition) is 5. The molecule has 0 atom stereocenters. The summed E-state index contributed by atoms with van der Waals surface area (Å²) in [4.78, 5) is 22.2. The molecule has 0 saturated carbocycles. The number of aromatic nitrogens is 2. The number of hydrogen-bond donors (Lipinski definition) is 1. The Hall–Kier alpha value is -2.47. The van der Waals surface area contributed by atoms with Gasteiger partial charge in [-0.3, -0.25) is 0 Å². The highest BCUT2D eigenvalue weighted by Crippen LogP contribution is 2.17. The zero-order chi connectivity index (χ0) is 14.5. The van der Waals surface area contributed by atoms with E-state index >= 15 is 0 Å². The van der Waals surface area contributed by atoms with E-state index in [2.05, 4.69) is 15.3 Å². The average Bonchev–Trinajstić information content (AvgIpc) is 2.57. The number of amides is 1. The number of piperazine rings is 1. The first-order valence-corrected chi connectivity index (χ1v) is 6.89. The van der Waals surface area contributed by atoms with Crippen LogP contribution in [-0.4, -0.2) is 47.1 Å². The van der Waals surface area contributed by atoms with Crippen LogP contribution in [0.2, 0.25) is 0 Å². The van der Waals surface area contributed by atoms with Crippen LogP contribution in [0.15, 0.2) is 42.6 Å². The number of nitrogens with zero attached hydrogens (tertiary/aromatic N) is 3. The van der Waals surface area contributed by atoms with Crippen LogP contribution in [0.4, 0.5) is 4.79 Å². The van der Waals surface area contributed by atoms with Crippen LogP contribution in [0.25, 0.3) is 11.4 Å². The van der Waals surface area contributed by atoms with Crippen LogP contribution in [0.5, 0.6) is 5.88 Å². The van der Waals surface area contributed by atoms with E-state index in [1.54, 1.807) is 17.2 Å². The van der Waals surface area contributed by atoms with Crippen molar-refractivity contribution in [3.63, 3.8) is 0 Å². The lowest BCUT2D eigenvalue weighted by Crippen LogP contribution is -2.47. The predicted octanol–water partition coefficient (Wildman–Crippen LogP) is 1.55. The van der Waals surface area contributed by atoms with Crippen molar-refractivity contribution in [3.8, 4) is 17.3 Å². The zero-order valence-electron chi connectivity index (χ0n) is 11.5. The van der Waals surface area contributed by atoms with Gasteiger partial charge in [0.1, 0.15) is 0 Å². The van der Waals surface area contributed by atoms with Crippen LogP contribution >= 0.6 is 0 Å². The molecule has 1 aromatic heterocycles. The molecule has 0 aliphatic carbocycles. The Bertz CT molecular complexity index is 612. The molecule has 1 aromatic carbocycles. The third-order valence-electron chi connectivity index (χ3n) is 3.23. The molecule has 108 valence electrons. The lowest BCUT2D eigenvalue weighted by Gasteiger charge is -2.26. The zero-order valence-corrected chi connectivity index (χ0v) is 11.5. The van der Waals surface area contributed by atoms with Gasteiger partial charge in [-0.1, -0.05) is 30.3 Å². The molecule has 6 nitrogen and oxygen atoms in total. The number of carbonyl (C=O) groups is 1. The van der Waals surface area contributed by atoms with Gasteiger partial charge in [0.05, 0.1) is 0 Å². The third kappa shape index (κ3) is 3.35. The molecule has 1 amide bonds. The number of ether oxygens (including phenoxy) is 1. The Morgan fingerprint density at radius 3 is 2.67 bits per heavy atom. The van der Waals surface area contributed by atoms with Crippen LogP contribution in [0, 0.1) is 0 Å². The van der Waals surface area contributed by atoms with E-state index in [4.69, 9.17) is 4.74 Å². The normalized spacial score (nSPS) is 14.8. The van der Waals surface area contributed by atoms with Crippen molar-refractivity contribution in [2.24, 2.45) is 0 Å². The molecule has 3 rings (SSSR count). The maximum absolute atomic E-state index is 12.0. The monoisotopic (exact) mass is 284 g/mol. The first-order chi connectivity index (χ1) is 10.3. The van der Waals surface area contributed by atoms with Crippen molar-refractivity contribution in [1.29, 1.82) is 0 Å². The van der Waals surface area contributed by atoms with E-state index in [1.165, 1.54) is 0 Å². The van der Waals surface area contributed by atoms with E-state index < -0.39 is 0 Å². The molecule has 2 heterocycles. The summed E-state index contributed by atoms with van der Waals surface area (Å²) in [6, 6.07) is 11.2. The Balaban J connectivity index is 1.73. The molecule has 0 bridgehead atoms. The van der Waals surface area contributed by atoms with E-state index in [1.807, 2.05) is 30.3 Å². The first-order valence-electron chi connectivity index (χ1n) is 6.89. The minimum absolute atomic E-state index is 0.271. The Morgan fingerprint density at radius 1 is 1.14 bits per heavy atom. The summed E-state index contributed by atoms with van der Waals surface area (Å²) in [6.45, 7) is 2.87. The van der Waals surface area contributed by atoms with Gasteiger partial charge >= 0.3 is 6.09 Å². The SMILES string of the molecule is O=C(Oc1ccnc(-c2ccccc2)n1)N1CCNCC1. The van der Waals surface area contributed by atoms with E-state index in [0.717, 1.165) is 18.7 Å². The average molecular weight is 284 g/mol. The van der Waals surface area contributed by atoms with Gasteiger partial charge < -0.3 is 15.0 Å². The molecule has 0 radical (unpaired) electrons. The highest BCUT2D eigenvalue weighted by atomic mass is 16.6. The van der Waals surface area contributed by atoms with Gasteiger partial charge in [0, 0.05) is 44.0 Å². The molecule has 6 heteroatoms. The molecule has 2 aromatic rings. The van der Waals surface area contributed by atoms with Crippen LogP contribution in [0.3, 0.4) is 0 Å². The molecule has 1 saturated heterocycles. The van der Waals surface area contributed by atoms with Crippen LogP contribution in [0.1, 0.15) is 0 Å². The standard InChI is InChI=1S/C15H16N4O2/c20-15(19-10-8-16-9-11-19)21-13-6-7-17-14(18-13)12-4-2-1-3-5-12/h1-7,16H,8-11H2.